The molecule has 1 heterocycles. The SMILES string of the molecule is COc1cc(C(=O)N[C@@H](CC(C)C)c2nc3ccccc3o2)cc(OC)c1OC. The van der Waals surface area contributed by atoms with E-state index in [9.17, 15) is 4.79 Å². The molecule has 0 saturated heterocycles. The first kappa shape index (κ1) is 20.5. The van der Waals surface area contributed by atoms with Crippen LogP contribution in [0.25, 0.3) is 11.1 Å². The number of hydrogen-bond donors (Lipinski definition) is 1. The maximum absolute atomic E-state index is 13.0. The largest absolute Gasteiger partial charge is 0.493 e. The van der Waals surface area contributed by atoms with E-state index in [4.69, 9.17) is 18.6 Å². The number of nitrogens with one attached hydrogen (secondary N) is 1. The molecule has 1 atom stereocenters. The van der Waals surface area contributed by atoms with Crippen LogP contribution >= 0.6 is 0 Å². The van der Waals surface area contributed by atoms with Crippen molar-refractivity contribution < 1.29 is 23.4 Å². The van der Waals surface area contributed by atoms with Gasteiger partial charge in [-0.15, -0.1) is 0 Å². The summed E-state index contributed by atoms with van der Waals surface area (Å²) in [6, 6.07) is 10.4. The lowest BCUT2D eigenvalue weighted by Crippen LogP contribution is -2.29. The minimum atomic E-state index is -0.367. The first-order valence-corrected chi connectivity index (χ1v) is 9.43. The maximum atomic E-state index is 13.0. The van der Waals surface area contributed by atoms with Crippen LogP contribution in [0, 0.1) is 5.92 Å². The molecule has 3 rings (SSSR count). The van der Waals surface area contributed by atoms with Crippen molar-refractivity contribution in [2.24, 2.45) is 5.92 Å². The van der Waals surface area contributed by atoms with Crippen LogP contribution < -0.4 is 19.5 Å². The first-order chi connectivity index (χ1) is 14.0. The number of para-hydroxylation sites is 2. The summed E-state index contributed by atoms with van der Waals surface area (Å²) in [6.07, 6.45) is 0.684. The molecule has 29 heavy (non-hydrogen) atoms. The Morgan fingerprint density at radius 2 is 1.72 bits per heavy atom. The molecule has 7 heteroatoms. The lowest BCUT2D eigenvalue weighted by molar-refractivity contribution is 0.0924. The molecule has 0 saturated carbocycles. The number of rotatable bonds is 8. The molecule has 2 aromatic carbocycles. The summed E-state index contributed by atoms with van der Waals surface area (Å²) < 4.78 is 21.9. The second-order valence-electron chi connectivity index (χ2n) is 7.09. The quantitative estimate of drug-likeness (QED) is 0.607. The van der Waals surface area contributed by atoms with E-state index in [0.29, 0.717) is 46.6 Å². The fourth-order valence-electron chi connectivity index (χ4n) is 3.19. The number of aromatic nitrogens is 1. The molecule has 0 aliphatic carbocycles. The number of fused-ring (bicyclic) bond motifs is 1. The molecule has 0 spiro atoms. The van der Waals surface area contributed by atoms with Gasteiger partial charge in [0.05, 0.1) is 21.3 Å². The van der Waals surface area contributed by atoms with Crippen LogP contribution in [0.2, 0.25) is 0 Å². The monoisotopic (exact) mass is 398 g/mol. The molecule has 1 aromatic heterocycles. The third-order valence-corrected chi connectivity index (χ3v) is 4.55. The van der Waals surface area contributed by atoms with Crippen LogP contribution in [0.4, 0.5) is 0 Å². The molecule has 0 aliphatic heterocycles. The highest BCUT2D eigenvalue weighted by Gasteiger charge is 2.24. The zero-order valence-corrected chi connectivity index (χ0v) is 17.3. The van der Waals surface area contributed by atoms with Crippen molar-refractivity contribution in [3.05, 3.63) is 47.9 Å². The van der Waals surface area contributed by atoms with Gasteiger partial charge in [-0.25, -0.2) is 4.98 Å². The molecule has 1 N–H and O–H groups in total. The average Bonchev–Trinajstić information content (AvgIpc) is 3.15. The minimum Gasteiger partial charge on any atom is -0.493 e. The van der Waals surface area contributed by atoms with Crippen molar-refractivity contribution in [2.45, 2.75) is 26.3 Å². The summed E-state index contributed by atoms with van der Waals surface area (Å²) in [5.41, 5.74) is 1.85. The Balaban J connectivity index is 1.92. The summed E-state index contributed by atoms with van der Waals surface area (Å²) in [6.45, 7) is 4.17. The van der Waals surface area contributed by atoms with Crippen LogP contribution in [0.1, 0.15) is 42.6 Å². The van der Waals surface area contributed by atoms with E-state index in [1.807, 2.05) is 24.3 Å². The third-order valence-electron chi connectivity index (χ3n) is 4.55. The Labute approximate surface area is 170 Å². The van der Waals surface area contributed by atoms with Crippen molar-refractivity contribution in [1.82, 2.24) is 10.3 Å². The van der Waals surface area contributed by atoms with Crippen LogP contribution in [0.3, 0.4) is 0 Å². The number of amides is 1. The molecule has 0 fully saturated rings. The number of ether oxygens (including phenoxy) is 3. The van der Waals surface area contributed by atoms with E-state index >= 15 is 0 Å². The topological polar surface area (TPSA) is 82.8 Å². The van der Waals surface area contributed by atoms with Crippen molar-refractivity contribution in [3.63, 3.8) is 0 Å². The van der Waals surface area contributed by atoms with E-state index < -0.39 is 0 Å². The number of carbonyl (C=O) groups is 1. The van der Waals surface area contributed by atoms with Gasteiger partial charge in [0.25, 0.3) is 5.91 Å². The van der Waals surface area contributed by atoms with Gasteiger partial charge < -0.3 is 23.9 Å². The van der Waals surface area contributed by atoms with Gasteiger partial charge in [-0.3, -0.25) is 4.79 Å². The minimum absolute atomic E-state index is 0.280. The third kappa shape index (κ3) is 4.45. The van der Waals surface area contributed by atoms with Gasteiger partial charge in [0.1, 0.15) is 11.6 Å². The van der Waals surface area contributed by atoms with Gasteiger partial charge in [0.15, 0.2) is 17.1 Å². The Morgan fingerprint density at radius 3 is 2.28 bits per heavy atom. The number of nitrogens with zero attached hydrogens (tertiary/aromatic N) is 1. The Kier molecular flexibility index (Phi) is 6.26. The van der Waals surface area contributed by atoms with Crippen molar-refractivity contribution in [2.75, 3.05) is 21.3 Å². The van der Waals surface area contributed by atoms with E-state index in [1.165, 1.54) is 21.3 Å². The van der Waals surface area contributed by atoms with E-state index in [0.717, 1.165) is 5.52 Å². The van der Waals surface area contributed by atoms with Gasteiger partial charge in [0.2, 0.25) is 11.6 Å². The Hall–Kier alpha value is -3.22. The summed E-state index contributed by atoms with van der Waals surface area (Å²) >= 11 is 0. The normalized spacial score (nSPS) is 12.1. The molecular weight excluding hydrogens is 372 g/mol. The second kappa shape index (κ2) is 8.86. The number of methoxy groups -OCH3 is 3. The summed E-state index contributed by atoms with van der Waals surface area (Å²) in [7, 11) is 4.55. The van der Waals surface area contributed by atoms with Crippen molar-refractivity contribution >= 4 is 17.0 Å². The van der Waals surface area contributed by atoms with Gasteiger partial charge in [0, 0.05) is 5.56 Å². The van der Waals surface area contributed by atoms with Crippen LogP contribution in [-0.4, -0.2) is 32.2 Å². The van der Waals surface area contributed by atoms with Crippen molar-refractivity contribution in [3.8, 4) is 17.2 Å². The Bertz CT molecular complexity index is 938. The van der Waals surface area contributed by atoms with E-state index in [-0.39, 0.29) is 11.9 Å². The molecule has 0 unspecified atom stereocenters. The number of carbonyl (C=O) groups excluding carboxylic acids is 1. The average molecular weight is 398 g/mol. The van der Waals surface area contributed by atoms with E-state index in [2.05, 4.69) is 24.1 Å². The molecule has 154 valence electrons. The molecule has 0 radical (unpaired) electrons. The van der Waals surface area contributed by atoms with E-state index in [1.54, 1.807) is 12.1 Å². The van der Waals surface area contributed by atoms with Gasteiger partial charge in [-0.2, -0.15) is 0 Å². The first-order valence-electron chi connectivity index (χ1n) is 9.43. The van der Waals surface area contributed by atoms with Crippen LogP contribution in [0.15, 0.2) is 40.8 Å². The molecule has 3 aromatic rings. The van der Waals surface area contributed by atoms with Gasteiger partial charge >= 0.3 is 0 Å². The van der Waals surface area contributed by atoms with Gasteiger partial charge in [-0.1, -0.05) is 26.0 Å². The molecule has 0 aliphatic rings. The predicted octanol–water partition coefficient (Wildman–Crippen LogP) is 4.37. The number of hydrogen-bond acceptors (Lipinski definition) is 6. The lowest BCUT2D eigenvalue weighted by atomic mass is 10.0. The van der Waals surface area contributed by atoms with Crippen molar-refractivity contribution in [1.29, 1.82) is 0 Å². The second-order valence-corrected chi connectivity index (χ2v) is 7.09. The fourth-order valence-corrected chi connectivity index (χ4v) is 3.19. The lowest BCUT2D eigenvalue weighted by Gasteiger charge is -2.19. The standard InChI is InChI=1S/C22H26N2O5/c1-13(2)10-16(22-24-15-8-6-7-9-17(15)29-22)23-21(25)14-11-18(26-3)20(28-5)19(12-14)27-4/h6-9,11-13,16H,10H2,1-5H3,(H,23,25)/t16-/m0/s1. The zero-order chi connectivity index (χ0) is 21.0. The van der Waals surface area contributed by atoms with Crippen LogP contribution in [0.5, 0.6) is 17.2 Å². The fraction of sp³-hybridized carbons (Fsp3) is 0.364. The smallest absolute Gasteiger partial charge is 0.252 e. The summed E-state index contributed by atoms with van der Waals surface area (Å²) in [5.74, 6) is 1.80. The summed E-state index contributed by atoms with van der Waals surface area (Å²) in [4.78, 5) is 17.6. The highest BCUT2D eigenvalue weighted by Crippen LogP contribution is 2.38. The highest BCUT2D eigenvalue weighted by molar-refractivity contribution is 5.96. The summed E-state index contributed by atoms with van der Waals surface area (Å²) in [5, 5.41) is 3.03. The van der Waals surface area contributed by atoms with Gasteiger partial charge in [-0.05, 0) is 36.6 Å². The number of oxazole rings is 1. The molecule has 7 nitrogen and oxygen atoms in total. The zero-order valence-electron chi connectivity index (χ0n) is 17.3. The molecular formula is C22H26N2O5. The highest BCUT2D eigenvalue weighted by atomic mass is 16.5. The molecule has 1 amide bonds. The number of benzene rings is 2. The van der Waals surface area contributed by atoms with Crippen LogP contribution in [-0.2, 0) is 0 Å². The Morgan fingerprint density at radius 1 is 1.07 bits per heavy atom. The molecule has 0 bridgehead atoms. The maximum Gasteiger partial charge on any atom is 0.252 e. The predicted molar refractivity (Wildman–Crippen MR) is 110 cm³/mol.